The summed E-state index contributed by atoms with van der Waals surface area (Å²) in [4.78, 5) is 14.2. The van der Waals surface area contributed by atoms with Gasteiger partial charge in [0.15, 0.2) is 0 Å². The van der Waals surface area contributed by atoms with Crippen LogP contribution in [0.4, 0.5) is 0 Å². The van der Waals surface area contributed by atoms with Crippen LogP contribution in [-0.4, -0.2) is 35.6 Å². The van der Waals surface area contributed by atoms with Crippen molar-refractivity contribution in [2.24, 2.45) is 5.92 Å². The van der Waals surface area contributed by atoms with E-state index in [0.717, 1.165) is 31.5 Å². The van der Waals surface area contributed by atoms with Gasteiger partial charge in [0.1, 0.15) is 0 Å². The van der Waals surface area contributed by atoms with Crippen LogP contribution < -0.4 is 0 Å². The maximum absolute atomic E-state index is 12.3. The molecule has 3 nitrogen and oxygen atoms in total. The molecule has 1 N–H and O–H groups in total. The van der Waals surface area contributed by atoms with Crippen LogP contribution in [0, 0.1) is 5.92 Å². The van der Waals surface area contributed by atoms with Crippen LogP contribution in [0.25, 0.3) is 0 Å². The highest BCUT2D eigenvalue weighted by atomic mass is 16.3. The first kappa shape index (κ1) is 13.6. The van der Waals surface area contributed by atoms with Gasteiger partial charge in [0.2, 0.25) is 5.91 Å². The number of carbonyl (C=O) groups is 1. The molecule has 2 aliphatic rings. The average Bonchev–Trinajstić information content (AvgIpc) is 2.96. The Balaban J connectivity index is 1.64. The molecule has 1 heterocycles. The Bertz CT molecular complexity index is 498. The largest absolute Gasteiger partial charge is 0.396 e. The van der Waals surface area contributed by atoms with E-state index < -0.39 is 0 Å². The molecule has 3 rings (SSSR count). The van der Waals surface area contributed by atoms with Gasteiger partial charge < -0.3 is 10.0 Å². The van der Waals surface area contributed by atoms with Crippen molar-refractivity contribution in [1.29, 1.82) is 0 Å². The molecule has 1 aliphatic heterocycles. The third-order valence-electron chi connectivity index (χ3n) is 4.67. The fraction of sp³-hybridized carbons (Fsp3) is 0.588. The number of nitrogens with zero attached hydrogens (tertiary/aromatic N) is 1. The Hall–Kier alpha value is -1.35. The lowest BCUT2D eigenvalue weighted by Crippen LogP contribution is -2.30. The van der Waals surface area contributed by atoms with E-state index in [9.17, 15) is 4.79 Å². The summed E-state index contributed by atoms with van der Waals surface area (Å²) >= 11 is 0. The smallest absolute Gasteiger partial charge is 0.227 e. The Morgan fingerprint density at radius 3 is 2.80 bits per heavy atom. The number of rotatable bonds is 3. The van der Waals surface area contributed by atoms with E-state index in [1.807, 2.05) is 4.90 Å². The highest BCUT2D eigenvalue weighted by Crippen LogP contribution is 2.23. The third kappa shape index (κ3) is 2.88. The van der Waals surface area contributed by atoms with E-state index in [4.69, 9.17) is 5.11 Å². The maximum Gasteiger partial charge on any atom is 0.227 e. The lowest BCUT2D eigenvalue weighted by atomic mass is 9.90. The molecule has 1 amide bonds. The van der Waals surface area contributed by atoms with E-state index in [-0.39, 0.29) is 18.4 Å². The summed E-state index contributed by atoms with van der Waals surface area (Å²) in [5.74, 6) is 0.485. The minimum atomic E-state index is 0.197. The molecule has 1 aliphatic carbocycles. The summed E-state index contributed by atoms with van der Waals surface area (Å²) in [6.45, 7) is 1.72. The first-order valence-electron chi connectivity index (χ1n) is 7.75. The van der Waals surface area contributed by atoms with Gasteiger partial charge in [-0.25, -0.2) is 0 Å². The summed E-state index contributed by atoms with van der Waals surface area (Å²) in [7, 11) is 0. The molecule has 108 valence electrons. The number of likely N-dealkylation sites (tertiary alicyclic amines) is 1. The van der Waals surface area contributed by atoms with E-state index in [1.165, 1.54) is 30.4 Å². The summed E-state index contributed by atoms with van der Waals surface area (Å²) in [5.41, 5.74) is 4.05. The molecule has 0 spiro atoms. The first-order chi connectivity index (χ1) is 9.76. The molecule has 0 bridgehead atoms. The van der Waals surface area contributed by atoms with Gasteiger partial charge in [0.25, 0.3) is 0 Å². The van der Waals surface area contributed by atoms with Gasteiger partial charge in [-0.3, -0.25) is 4.79 Å². The second-order valence-electron chi connectivity index (χ2n) is 6.16. The number of hydrogen-bond acceptors (Lipinski definition) is 2. The fourth-order valence-electron chi connectivity index (χ4n) is 3.39. The van der Waals surface area contributed by atoms with Gasteiger partial charge in [0, 0.05) is 25.6 Å². The number of benzene rings is 1. The van der Waals surface area contributed by atoms with Crippen LogP contribution in [0.5, 0.6) is 0 Å². The van der Waals surface area contributed by atoms with Crippen LogP contribution in [0.15, 0.2) is 18.2 Å². The zero-order valence-corrected chi connectivity index (χ0v) is 12.0. The number of carbonyl (C=O) groups excluding carboxylic acids is 1. The fourth-order valence-corrected chi connectivity index (χ4v) is 3.39. The highest BCUT2D eigenvalue weighted by molar-refractivity contribution is 5.79. The lowest BCUT2D eigenvalue weighted by Gasteiger charge is -2.19. The summed E-state index contributed by atoms with van der Waals surface area (Å²) in [6.07, 6.45) is 6.36. The van der Waals surface area contributed by atoms with Crippen LogP contribution >= 0.6 is 0 Å². The predicted molar refractivity (Wildman–Crippen MR) is 78.6 cm³/mol. The zero-order chi connectivity index (χ0) is 13.9. The van der Waals surface area contributed by atoms with Crippen molar-refractivity contribution in [2.75, 3.05) is 19.7 Å². The normalized spacial score (nSPS) is 21.9. The number of amides is 1. The minimum absolute atomic E-state index is 0.197. The third-order valence-corrected chi connectivity index (χ3v) is 4.67. The minimum Gasteiger partial charge on any atom is -0.396 e. The van der Waals surface area contributed by atoms with Crippen molar-refractivity contribution in [3.05, 3.63) is 34.9 Å². The Morgan fingerprint density at radius 2 is 2.05 bits per heavy atom. The van der Waals surface area contributed by atoms with Gasteiger partial charge in [-0.15, -0.1) is 0 Å². The molecule has 1 aromatic rings. The van der Waals surface area contributed by atoms with Gasteiger partial charge >= 0.3 is 0 Å². The average molecular weight is 273 g/mol. The monoisotopic (exact) mass is 273 g/mol. The van der Waals surface area contributed by atoms with E-state index in [1.54, 1.807) is 0 Å². The number of aliphatic hydroxyl groups is 1. The van der Waals surface area contributed by atoms with Crippen molar-refractivity contribution in [3.8, 4) is 0 Å². The Labute approximate surface area is 120 Å². The van der Waals surface area contributed by atoms with Crippen molar-refractivity contribution >= 4 is 5.91 Å². The molecule has 3 heteroatoms. The van der Waals surface area contributed by atoms with Crippen molar-refractivity contribution in [1.82, 2.24) is 4.90 Å². The molecular formula is C17H23NO2. The zero-order valence-electron chi connectivity index (χ0n) is 12.0. The summed E-state index contributed by atoms with van der Waals surface area (Å²) < 4.78 is 0. The summed E-state index contributed by atoms with van der Waals surface area (Å²) in [6, 6.07) is 6.55. The first-order valence-corrected chi connectivity index (χ1v) is 7.75. The highest BCUT2D eigenvalue weighted by Gasteiger charge is 2.25. The number of aryl methyl sites for hydroxylation is 2. The lowest BCUT2D eigenvalue weighted by molar-refractivity contribution is -0.129. The van der Waals surface area contributed by atoms with E-state index in [0.29, 0.717) is 6.42 Å². The second-order valence-corrected chi connectivity index (χ2v) is 6.16. The molecule has 1 atom stereocenters. The van der Waals surface area contributed by atoms with E-state index >= 15 is 0 Å². The van der Waals surface area contributed by atoms with Gasteiger partial charge in [-0.2, -0.15) is 0 Å². The molecule has 0 saturated carbocycles. The van der Waals surface area contributed by atoms with Gasteiger partial charge in [-0.1, -0.05) is 18.2 Å². The molecule has 1 unspecified atom stereocenters. The molecule has 1 saturated heterocycles. The number of hydrogen-bond donors (Lipinski definition) is 1. The molecule has 0 radical (unpaired) electrons. The standard InChI is InChI=1S/C17H23NO2/c19-12-14-7-8-18(11-14)17(20)10-13-5-6-15-3-1-2-4-16(15)9-13/h5-6,9,14,19H,1-4,7-8,10-12H2. The van der Waals surface area contributed by atoms with Crippen molar-refractivity contribution in [2.45, 2.75) is 38.5 Å². The Kier molecular flexibility index (Phi) is 4.06. The van der Waals surface area contributed by atoms with Crippen molar-refractivity contribution in [3.63, 3.8) is 0 Å². The molecule has 1 aromatic carbocycles. The molecule has 0 aromatic heterocycles. The number of fused-ring (bicyclic) bond motifs is 1. The topological polar surface area (TPSA) is 40.5 Å². The SMILES string of the molecule is O=C(Cc1ccc2c(c1)CCCC2)N1CCC(CO)C1. The van der Waals surface area contributed by atoms with Crippen molar-refractivity contribution < 1.29 is 9.90 Å². The second kappa shape index (κ2) is 5.96. The van der Waals surface area contributed by atoms with Gasteiger partial charge in [-0.05, 0) is 48.8 Å². The van der Waals surface area contributed by atoms with E-state index in [2.05, 4.69) is 18.2 Å². The molecule has 1 fully saturated rings. The van der Waals surface area contributed by atoms with Crippen LogP contribution in [-0.2, 0) is 24.1 Å². The van der Waals surface area contributed by atoms with Gasteiger partial charge in [0.05, 0.1) is 6.42 Å². The quantitative estimate of drug-likeness (QED) is 0.914. The number of aliphatic hydroxyl groups excluding tert-OH is 1. The van der Waals surface area contributed by atoms with Crippen LogP contribution in [0.3, 0.4) is 0 Å². The predicted octanol–water partition coefficient (Wildman–Crippen LogP) is 1.95. The maximum atomic E-state index is 12.3. The molecule has 20 heavy (non-hydrogen) atoms. The van der Waals surface area contributed by atoms with Crippen LogP contribution in [0.2, 0.25) is 0 Å². The Morgan fingerprint density at radius 1 is 1.25 bits per heavy atom. The molecular weight excluding hydrogens is 250 g/mol. The van der Waals surface area contributed by atoms with Crippen LogP contribution in [0.1, 0.15) is 36.0 Å². The summed E-state index contributed by atoms with van der Waals surface area (Å²) in [5, 5.41) is 9.15.